The molecule has 0 aromatic carbocycles. The van der Waals surface area contributed by atoms with E-state index in [0.717, 1.165) is 5.56 Å². The predicted molar refractivity (Wildman–Crippen MR) is 59.1 cm³/mol. The van der Waals surface area contributed by atoms with Crippen LogP contribution in [0.1, 0.15) is 16.7 Å². The van der Waals surface area contributed by atoms with Crippen LogP contribution in [0.4, 0.5) is 0 Å². The highest BCUT2D eigenvalue weighted by atomic mass is 32.1. The Morgan fingerprint density at radius 1 is 1.38 bits per heavy atom. The number of nitrogens with zero attached hydrogens (tertiary/aromatic N) is 3. The Labute approximate surface area is 96.1 Å². The van der Waals surface area contributed by atoms with E-state index >= 15 is 0 Å². The molecule has 0 N–H and O–H groups in total. The summed E-state index contributed by atoms with van der Waals surface area (Å²) in [5.74, 6) is -0.430. The minimum absolute atomic E-state index is 0.272. The van der Waals surface area contributed by atoms with E-state index in [1.54, 1.807) is 19.3 Å². The third-order valence-corrected chi connectivity index (χ3v) is 2.75. The Bertz CT molecular complexity index is 484. The van der Waals surface area contributed by atoms with Gasteiger partial charge in [0.2, 0.25) is 5.01 Å². The molecule has 0 aliphatic rings. The summed E-state index contributed by atoms with van der Waals surface area (Å²) >= 11 is 1.21. The van der Waals surface area contributed by atoms with Crippen LogP contribution in [0.5, 0.6) is 0 Å². The molecule has 6 heteroatoms. The molecule has 0 fully saturated rings. The van der Waals surface area contributed by atoms with Gasteiger partial charge < -0.3 is 4.74 Å². The highest BCUT2D eigenvalue weighted by Crippen LogP contribution is 2.22. The van der Waals surface area contributed by atoms with Crippen LogP contribution in [0.3, 0.4) is 0 Å². The van der Waals surface area contributed by atoms with Gasteiger partial charge in [-0.2, -0.15) is 0 Å². The van der Waals surface area contributed by atoms with Gasteiger partial charge in [-0.1, -0.05) is 11.3 Å². The van der Waals surface area contributed by atoms with E-state index in [0.29, 0.717) is 11.6 Å². The molecule has 0 bridgehead atoms. The average Bonchev–Trinajstić information content (AvgIpc) is 2.80. The first-order valence-electron chi connectivity index (χ1n) is 4.72. The van der Waals surface area contributed by atoms with Crippen molar-refractivity contribution in [3.05, 3.63) is 29.5 Å². The van der Waals surface area contributed by atoms with Crippen LogP contribution < -0.4 is 0 Å². The van der Waals surface area contributed by atoms with Crippen molar-refractivity contribution in [2.75, 3.05) is 6.61 Å². The standard InChI is InChI=1S/C10H9N3O2S/c1-2-15-10(14)9-13-12-8(16-9)7-3-5-11-6-4-7/h3-6H,2H2,1H3. The summed E-state index contributed by atoms with van der Waals surface area (Å²) in [7, 11) is 0. The Morgan fingerprint density at radius 3 is 2.81 bits per heavy atom. The molecule has 2 aromatic rings. The molecule has 2 aromatic heterocycles. The smallest absolute Gasteiger partial charge is 0.369 e. The minimum atomic E-state index is -0.430. The predicted octanol–water partition coefficient (Wildman–Crippen LogP) is 1.78. The molecule has 82 valence electrons. The van der Waals surface area contributed by atoms with Crippen LogP contribution in [-0.2, 0) is 4.74 Å². The van der Waals surface area contributed by atoms with Crippen molar-refractivity contribution in [2.24, 2.45) is 0 Å². The highest BCUT2D eigenvalue weighted by molar-refractivity contribution is 7.16. The summed E-state index contributed by atoms with van der Waals surface area (Å²) in [5.41, 5.74) is 0.892. The van der Waals surface area contributed by atoms with Gasteiger partial charge in [0, 0.05) is 18.0 Å². The van der Waals surface area contributed by atoms with Crippen molar-refractivity contribution in [1.82, 2.24) is 15.2 Å². The fourth-order valence-corrected chi connectivity index (χ4v) is 1.85. The zero-order chi connectivity index (χ0) is 11.4. The SMILES string of the molecule is CCOC(=O)c1nnc(-c2ccncc2)s1. The fraction of sp³-hybridized carbons (Fsp3) is 0.200. The normalized spacial score (nSPS) is 10.1. The fourth-order valence-electron chi connectivity index (χ4n) is 1.11. The number of carbonyl (C=O) groups excluding carboxylic acids is 1. The molecule has 0 atom stereocenters. The van der Waals surface area contributed by atoms with E-state index in [-0.39, 0.29) is 5.01 Å². The van der Waals surface area contributed by atoms with Gasteiger partial charge in [0.25, 0.3) is 0 Å². The number of ether oxygens (including phenoxy) is 1. The molecule has 0 unspecified atom stereocenters. The van der Waals surface area contributed by atoms with Gasteiger partial charge in [0.15, 0.2) is 0 Å². The van der Waals surface area contributed by atoms with E-state index < -0.39 is 5.97 Å². The molecule has 0 aliphatic carbocycles. The van der Waals surface area contributed by atoms with Crippen LogP contribution in [0, 0.1) is 0 Å². The summed E-state index contributed by atoms with van der Waals surface area (Å²) in [4.78, 5) is 15.3. The topological polar surface area (TPSA) is 65.0 Å². The second kappa shape index (κ2) is 4.80. The average molecular weight is 235 g/mol. The maximum absolute atomic E-state index is 11.4. The molecular formula is C10H9N3O2S. The Hall–Kier alpha value is -1.82. The van der Waals surface area contributed by atoms with Gasteiger partial charge in [-0.15, -0.1) is 10.2 Å². The first-order chi connectivity index (χ1) is 7.81. The Balaban J connectivity index is 2.23. The number of rotatable bonds is 3. The van der Waals surface area contributed by atoms with Gasteiger partial charge in [0.1, 0.15) is 5.01 Å². The van der Waals surface area contributed by atoms with Gasteiger partial charge >= 0.3 is 5.97 Å². The van der Waals surface area contributed by atoms with E-state index in [2.05, 4.69) is 15.2 Å². The summed E-state index contributed by atoms with van der Waals surface area (Å²) in [6, 6.07) is 3.63. The second-order valence-electron chi connectivity index (χ2n) is 2.87. The summed E-state index contributed by atoms with van der Waals surface area (Å²) < 4.78 is 4.83. The van der Waals surface area contributed by atoms with Crippen LogP contribution >= 0.6 is 11.3 Å². The molecule has 0 radical (unpaired) electrons. The molecule has 5 nitrogen and oxygen atoms in total. The van der Waals surface area contributed by atoms with E-state index in [9.17, 15) is 4.79 Å². The van der Waals surface area contributed by atoms with Gasteiger partial charge in [0.05, 0.1) is 6.61 Å². The van der Waals surface area contributed by atoms with Crippen LogP contribution in [0.2, 0.25) is 0 Å². The Kier molecular flexibility index (Phi) is 3.21. The molecule has 16 heavy (non-hydrogen) atoms. The van der Waals surface area contributed by atoms with E-state index in [4.69, 9.17) is 4.74 Å². The van der Waals surface area contributed by atoms with Crippen molar-refractivity contribution in [3.63, 3.8) is 0 Å². The highest BCUT2D eigenvalue weighted by Gasteiger charge is 2.14. The maximum atomic E-state index is 11.4. The lowest BCUT2D eigenvalue weighted by Crippen LogP contribution is -2.03. The van der Waals surface area contributed by atoms with E-state index in [1.165, 1.54) is 11.3 Å². The first kappa shape index (κ1) is 10.7. The number of aromatic nitrogens is 3. The molecule has 0 spiro atoms. The van der Waals surface area contributed by atoms with Gasteiger partial charge in [-0.3, -0.25) is 4.98 Å². The molecule has 2 heterocycles. The zero-order valence-corrected chi connectivity index (χ0v) is 9.40. The lowest BCUT2D eigenvalue weighted by atomic mass is 10.3. The molecule has 0 amide bonds. The number of esters is 1. The Morgan fingerprint density at radius 2 is 2.12 bits per heavy atom. The van der Waals surface area contributed by atoms with E-state index in [1.807, 2.05) is 12.1 Å². The van der Waals surface area contributed by atoms with Crippen LogP contribution in [0.15, 0.2) is 24.5 Å². The summed E-state index contributed by atoms with van der Waals surface area (Å²) in [6.07, 6.45) is 3.33. The first-order valence-corrected chi connectivity index (χ1v) is 5.54. The second-order valence-corrected chi connectivity index (χ2v) is 3.85. The van der Waals surface area contributed by atoms with Crippen molar-refractivity contribution in [2.45, 2.75) is 6.92 Å². The van der Waals surface area contributed by atoms with Crippen molar-refractivity contribution in [1.29, 1.82) is 0 Å². The zero-order valence-electron chi connectivity index (χ0n) is 8.58. The lowest BCUT2D eigenvalue weighted by molar-refractivity contribution is 0.0525. The third-order valence-electron chi connectivity index (χ3n) is 1.80. The quantitative estimate of drug-likeness (QED) is 0.759. The van der Waals surface area contributed by atoms with Crippen LogP contribution in [-0.4, -0.2) is 27.8 Å². The van der Waals surface area contributed by atoms with Crippen molar-refractivity contribution in [3.8, 4) is 10.6 Å². The lowest BCUT2D eigenvalue weighted by Gasteiger charge is -1.94. The number of carbonyl (C=O) groups is 1. The van der Waals surface area contributed by atoms with Gasteiger partial charge in [-0.25, -0.2) is 4.79 Å². The summed E-state index contributed by atoms with van der Waals surface area (Å²) in [6.45, 7) is 2.09. The van der Waals surface area contributed by atoms with Crippen molar-refractivity contribution < 1.29 is 9.53 Å². The maximum Gasteiger partial charge on any atom is 0.369 e. The molecule has 2 rings (SSSR count). The number of pyridine rings is 1. The molecular weight excluding hydrogens is 226 g/mol. The minimum Gasteiger partial charge on any atom is -0.461 e. The molecule has 0 saturated heterocycles. The van der Waals surface area contributed by atoms with Crippen molar-refractivity contribution >= 4 is 17.3 Å². The number of hydrogen-bond acceptors (Lipinski definition) is 6. The monoisotopic (exact) mass is 235 g/mol. The molecule has 0 aliphatic heterocycles. The van der Waals surface area contributed by atoms with Gasteiger partial charge in [-0.05, 0) is 19.1 Å². The third kappa shape index (κ3) is 2.22. The largest absolute Gasteiger partial charge is 0.461 e. The molecule has 0 saturated carbocycles. The number of hydrogen-bond donors (Lipinski definition) is 0. The summed E-state index contributed by atoms with van der Waals surface area (Å²) in [5, 5.41) is 8.67. The van der Waals surface area contributed by atoms with Crippen LogP contribution in [0.25, 0.3) is 10.6 Å².